The molecule has 3 aromatic rings. The van der Waals surface area contributed by atoms with Crippen molar-refractivity contribution < 1.29 is 19.2 Å². The number of methoxy groups -OCH3 is 1. The predicted octanol–water partition coefficient (Wildman–Crippen LogP) is 3.53. The summed E-state index contributed by atoms with van der Waals surface area (Å²) in [6.45, 7) is 2.18. The first kappa shape index (κ1) is 20.0. The molecule has 0 aliphatic heterocycles. The number of rotatable bonds is 8. The Hall–Kier alpha value is -3.72. The van der Waals surface area contributed by atoms with E-state index in [1.165, 1.54) is 6.07 Å². The monoisotopic (exact) mass is 396 g/mol. The summed E-state index contributed by atoms with van der Waals surface area (Å²) in [5.41, 5.74) is 2.41. The zero-order valence-corrected chi connectivity index (χ0v) is 16.0. The van der Waals surface area contributed by atoms with Crippen molar-refractivity contribution in [1.82, 2.24) is 9.78 Å². The fourth-order valence-electron chi connectivity index (χ4n) is 2.73. The highest BCUT2D eigenvalue weighted by atomic mass is 16.6. The number of nitro benzene ring substituents is 1. The molecule has 0 radical (unpaired) electrons. The van der Waals surface area contributed by atoms with Crippen molar-refractivity contribution in [3.8, 4) is 5.75 Å². The highest BCUT2D eigenvalue weighted by Gasteiger charge is 2.12. The van der Waals surface area contributed by atoms with Crippen LogP contribution in [0.25, 0.3) is 0 Å². The third kappa shape index (κ3) is 5.17. The van der Waals surface area contributed by atoms with Crippen molar-refractivity contribution in [2.45, 2.75) is 20.3 Å². The lowest BCUT2D eigenvalue weighted by Gasteiger charge is -2.09. The molecule has 1 heterocycles. The first-order valence-corrected chi connectivity index (χ1v) is 8.76. The normalized spacial score (nSPS) is 10.6. The number of amides is 1. The lowest BCUT2D eigenvalue weighted by molar-refractivity contribution is -0.385. The summed E-state index contributed by atoms with van der Waals surface area (Å²) >= 11 is 0. The minimum Gasteiger partial charge on any atom is -0.489 e. The number of aromatic nitrogens is 2. The number of hydrogen-bond acceptors (Lipinski definition) is 6. The van der Waals surface area contributed by atoms with Crippen LogP contribution in [0.4, 0.5) is 11.4 Å². The Bertz CT molecular complexity index is 1030. The van der Waals surface area contributed by atoms with Crippen LogP contribution < -0.4 is 10.1 Å². The van der Waals surface area contributed by atoms with Crippen molar-refractivity contribution in [2.75, 3.05) is 12.4 Å². The summed E-state index contributed by atoms with van der Waals surface area (Å²) in [7, 11) is 1.56. The van der Waals surface area contributed by atoms with Crippen molar-refractivity contribution in [3.05, 3.63) is 81.7 Å². The van der Waals surface area contributed by atoms with E-state index in [0.717, 1.165) is 5.56 Å². The number of anilines is 1. The summed E-state index contributed by atoms with van der Waals surface area (Å²) in [6.07, 6.45) is 3.21. The molecule has 9 heteroatoms. The maximum Gasteiger partial charge on any atom is 0.272 e. The van der Waals surface area contributed by atoms with Gasteiger partial charge in [-0.15, -0.1) is 0 Å². The van der Waals surface area contributed by atoms with Gasteiger partial charge in [-0.25, -0.2) is 4.68 Å². The van der Waals surface area contributed by atoms with Crippen molar-refractivity contribution in [2.24, 2.45) is 0 Å². The molecule has 1 amide bonds. The van der Waals surface area contributed by atoms with Gasteiger partial charge in [-0.3, -0.25) is 14.9 Å². The van der Waals surface area contributed by atoms with E-state index < -0.39 is 4.92 Å². The molecule has 0 aliphatic carbocycles. The predicted molar refractivity (Wildman–Crippen MR) is 106 cm³/mol. The first-order valence-electron chi connectivity index (χ1n) is 8.76. The van der Waals surface area contributed by atoms with Crippen LogP contribution in [0.5, 0.6) is 5.75 Å². The molecule has 2 aromatic carbocycles. The van der Waals surface area contributed by atoms with E-state index >= 15 is 0 Å². The van der Waals surface area contributed by atoms with E-state index in [9.17, 15) is 14.9 Å². The third-order valence-electron chi connectivity index (χ3n) is 4.11. The van der Waals surface area contributed by atoms with Gasteiger partial charge >= 0.3 is 0 Å². The molecule has 0 unspecified atom stereocenters. The Morgan fingerprint density at radius 3 is 2.83 bits per heavy atom. The minimum absolute atomic E-state index is 0.0461. The van der Waals surface area contributed by atoms with Gasteiger partial charge < -0.3 is 14.8 Å². The topological polar surface area (TPSA) is 109 Å². The van der Waals surface area contributed by atoms with E-state index in [1.807, 2.05) is 6.07 Å². The molecule has 0 bridgehead atoms. The molecule has 150 valence electrons. The largest absolute Gasteiger partial charge is 0.489 e. The summed E-state index contributed by atoms with van der Waals surface area (Å²) in [6, 6.07) is 11.6. The van der Waals surface area contributed by atoms with E-state index in [0.29, 0.717) is 29.3 Å². The van der Waals surface area contributed by atoms with Crippen molar-refractivity contribution in [3.63, 3.8) is 0 Å². The van der Waals surface area contributed by atoms with E-state index in [1.54, 1.807) is 61.4 Å². The van der Waals surface area contributed by atoms with Gasteiger partial charge in [-0.2, -0.15) is 5.10 Å². The number of nitrogens with zero attached hydrogens (tertiary/aromatic N) is 3. The molecule has 0 fully saturated rings. The number of nitrogens with one attached hydrogen (secondary N) is 1. The standard InChI is InChI=1S/C20H20N4O5/c1-14-8-18(6-7-19(14)24(26)27)29-12-15-4-3-5-16(9-15)20(25)22-17-10-21-23(11-17)13-28-2/h3-11H,12-13H2,1-2H3,(H,22,25). The van der Waals surface area contributed by atoms with Crippen LogP contribution in [0.2, 0.25) is 0 Å². The summed E-state index contributed by atoms with van der Waals surface area (Å²) in [5.74, 6) is 0.253. The second kappa shape index (κ2) is 8.98. The molecule has 9 nitrogen and oxygen atoms in total. The first-order chi connectivity index (χ1) is 14.0. The van der Waals surface area contributed by atoms with Crippen LogP contribution in [0.15, 0.2) is 54.9 Å². The lowest BCUT2D eigenvalue weighted by Crippen LogP contribution is -2.12. The summed E-state index contributed by atoms with van der Waals surface area (Å²) < 4.78 is 12.2. The van der Waals surface area contributed by atoms with Gasteiger partial charge in [0.05, 0.1) is 23.0 Å². The molecule has 29 heavy (non-hydrogen) atoms. The molecule has 1 N–H and O–H groups in total. The second-order valence-corrected chi connectivity index (χ2v) is 6.33. The maximum absolute atomic E-state index is 12.5. The highest BCUT2D eigenvalue weighted by molar-refractivity contribution is 6.04. The number of aryl methyl sites for hydroxylation is 1. The average molecular weight is 396 g/mol. The zero-order valence-electron chi connectivity index (χ0n) is 16.0. The molecule has 1 aromatic heterocycles. The number of benzene rings is 2. The quantitative estimate of drug-likeness (QED) is 0.461. The van der Waals surface area contributed by atoms with Crippen LogP contribution in [-0.4, -0.2) is 27.7 Å². The SMILES string of the molecule is COCn1cc(NC(=O)c2cccc(COc3ccc([N+](=O)[O-])c(C)c3)c2)cn1. The Balaban J connectivity index is 1.63. The third-order valence-corrected chi connectivity index (χ3v) is 4.11. The lowest BCUT2D eigenvalue weighted by atomic mass is 10.1. The van der Waals surface area contributed by atoms with E-state index in [4.69, 9.17) is 9.47 Å². The second-order valence-electron chi connectivity index (χ2n) is 6.33. The van der Waals surface area contributed by atoms with Gasteiger partial charge in [0.25, 0.3) is 11.6 Å². The molecule has 0 saturated carbocycles. The number of nitro groups is 1. The van der Waals surface area contributed by atoms with Crippen molar-refractivity contribution in [1.29, 1.82) is 0 Å². The van der Waals surface area contributed by atoms with Crippen LogP contribution >= 0.6 is 0 Å². The zero-order chi connectivity index (χ0) is 20.8. The minimum atomic E-state index is -0.430. The maximum atomic E-state index is 12.5. The van der Waals surface area contributed by atoms with Crippen molar-refractivity contribution >= 4 is 17.3 Å². The molecule has 0 spiro atoms. The van der Waals surface area contributed by atoms with Gasteiger partial charge in [0, 0.05) is 24.3 Å². The number of carbonyl (C=O) groups is 1. The molecule has 0 aliphatic rings. The molecule has 0 atom stereocenters. The van der Waals surface area contributed by atoms with Gasteiger partial charge in [0.2, 0.25) is 0 Å². The van der Waals surface area contributed by atoms with E-state index in [-0.39, 0.29) is 18.2 Å². The molecular weight excluding hydrogens is 376 g/mol. The smallest absolute Gasteiger partial charge is 0.272 e. The molecule has 3 rings (SSSR count). The summed E-state index contributed by atoms with van der Waals surface area (Å²) in [5, 5.41) is 17.7. The number of ether oxygens (including phenoxy) is 2. The van der Waals surface area contributed by atoms with Gasteiger partial charge in [-0.05, 0) is 36.8 Å². The number of hydrogen-bond donors (Lipinski definition) is 1. The van der Waals surface area contributed by atoms with Crippen LogP contribution in [0.1, 0.15) is 21.5 Å². The van der Waals surface area contributed by atoms with Gasteiger partial charge in [-0.1, -0.05) is 12.1 Å². The fourth-order valence-corrected chi connectivity index (χ4v) is 2.73. The molecule has 0 saturated heterocycles. The average Bonchev–Trinajstić information content (AvgIpc) is 3.13. The molecular formula is C20H20N4O5. The van der Waals surface area contributed by atoms with Gasteiger partial charge in [0.15, 0.2) is 0 Å². The fraction of sp³-hybridized carbons (Fsp3) is 0.200. The number of carbonyl (C=O) groups excluding carboxylic acids is 1. The Morgan fingerprint density at radius 2 is 2.10 bits per heavy atom. The Kier molecular flexibility index (Phi) is 6.20. The van der Waals surface area contributed by atoms with Crippen LogP contribution in [0.3, 0.4) is 0 Å². The summed E-state index contributed by atoms with van der Waals surface area (Å²) in [4.78, 5) is 22.9. The highest BCUT2D eigenvalue weighted by Crippen LogP contribution is 2.23. The Labute approximate surface area is 167 Å². The van der Waals surface area contributed by atoms with Crippen LogP contribution in [-0.2, 0) is 18.1 Å². The Morgan fingerprint density at radius 1 is 1.28 bits per heavy atom. The van der Waals surface area contributed by atoms with Gasteiger partial charge in [0.1, 0.15) is 19.1 Å². The van der Waals surface area contributed by atoms with E-state index in [2.05, 4.69) is 10.4 Å². The van der Waals surface area contributed by atoms with Crippen LogP contribution in [0, 0.1) is 17.0 Å².